The third kappa shape index (κ3) is 3.40. The summed E-state index contributed by atoms with van der Waals surface area (Å²) in [6.45, 7) is 2.50. The molecule has 1 aromatic heterocycles. The van der Waals surface area contributed by atoms with Crippen LogP contribution in [0.15, 0.2) is 29.0 Å². The average molecular weight is 346 g/mol. The number of carbonyl (C=O) groups excluding carboxylic acids is 2. The van der Waals surface area contributed by atoms with E-state index in [1.54, 1.807) is 11.8 Å². The number of oxazole rings is 1. The van der Waals surface area contributed by atoms with Crippen molar-refractivity contribution < 1.29 is 23.1 Å². The Morgan fingerprint density at radius 2 is 2.20 bits per heavy atom. The number of nitrogens with zero attached hydrogens (tertiary/aromatic N) is 2. The molecule has 1 saturated heterocycles. The van der Waals surface area contributed by atoms with E-state index in [9.17, 15) is 14.0 Å². The van der Waals surface area contributed by atoms with Crippen LogP contribution < -0.4 is 4.74 Å². The Balaban J connectivity index is 1.80. The molecule has 0 unspecified atom stereocenters. The van der Waals surface area contributed by atoms with E-state index < -0.39 is 11.7 Å². The summed E-state index contributed by atoms with van der Waals surface area (Å²) in [6.07, 6.45) is 2.55. The van der Waals surface area contributed by atoms with E-state index in [1.165, 1.54) is 31.7 Å². The molecule has 2 heterocycles. The molecular formula is C18H19FN2O4. The highest BCUT2D eigenvalue weighted by atomic mass is 19.1. The van der Waals surface area contributed by atoms with Crippen molar-refractivity contribution in [2.24, 2.45) is 5.92 Å². The van der Waals surface area contributed by atoms with E-state index in [4.69, 9.17) is 9.15 Å². The van der Waals surface area contributed by atoms with E-state index in [2.05, 4.69) is 4.98 Å². The second-order valence-electron chi connectivity index (χ2n) is 6.07. The quantitative estimate of drug-likeness (QED) is 0.796. The number of halogens is 1. The first-order valence-electron chi connectivity index (χ1n) is 8.08. The maximum absolute atomic E-state index is 13.6. The second kappa shape index (κ2) is 7.04. The van der Waals surface area contributed by atoms with Crippen LogP contribution in [0.1, 0.15) is 39.4 Å². The Labute approximate surface area is 144 Å². The van der Waals surface area contributed by atoms with Gasteiger partial charge in [0.05, 0.1) is 18.4 Å². The largest absolute Gasteiger partial charge is 0.496 e. The van der Waals surface area contributed by atoms with Crippen LogP contribution in [0.25, 0.3) is 0 Å². The van der Waals surface area contributed by atoms with Crippen LogP contribution in [0.4, 0.5) is 4.39 Å². The third-order valence-corrected chi connectivity index (χ3v) is 4.45. The van der Waals surface area contributed by atoms with E-state index in [0.29, 0.717) is 30.8 Å². The van der Waals surface area contributed by atoms with Crippen LogP contribution in [0.5, 0.6) is 5.75 Å². The van der Waals surface area contributed by atoms with Gasteiger partial charge in [-0.1, -0.05) is 0 Å². The van der Waals surface area contributed by atoms with Crippen molar-refractivity contribution in [3.63, 3.8) is 0 Å². The molecule has 3 rings (SSSR count). The number of hydrogen-bond acceptors (Lipinski definition) is 5. The topological polar surface area (TPSA) is 72.6 Å². The molecule has 1 atom stereocenters. The van der Waals surface area contributed by atoms with E-state index in [-0.39, 0.29) is 29.6 Å². The smallest absolute Gasteiger partial charge is 0.291 e. The highest BCUT2D eigenvalue weighted by Crippen LogP contribution is 2.27. The number of piperidine rings is 1. The number of aryl methyl sites for hydroxylation is 1. The average Bonchev–Trinajstić information content (AvgIpc) is 3.06. The Hall–Kier alpha value is -2.70. The molecule has 0 saturated carbocycles. The fourth-order valence-corrected chi connectivity index (χ4v) is 3.12. The zero-order valence-corrected chi connectivity index (χ0v) is 14.1. The molecule has 7 heteroatoms. The van der Waals surface area contributed by atoms with Crippen molar-refractivity contribution in [1.29, 1.82) is 0 Å². The van der Waals surface area contributed by atoms with Crippen LogP contribution in [0.3, 0.4) is 0 Å². The highest BCUT2D eigenvalue weighted by molar-refractivity contribution is 6.01. The molecule has 0 spiro atoms. The van der Waals surface area contributed by atoms with Crippen molar-refractivity contribution in [2.45, 2.75) is 19.8 Å². The Bertz CT molecular complexity index is 802. The molecule has 2 aromatic rings. The Morgan fingerprint density at radius 3 is 2.88 bits per heavy atom. The number of benzene rings is 1. The van der Waals surface area contributed by atoms with Gasteiger partial charge in [-0.25, -0.2) is 9.37 Å². The van der Waals surface area contributed by atoms with Crippen LogP contribution >= 0.6 is 0 Å². The van der Waals surface area contributed by atoms with Gasteiger partial charge in [-0.15, -0.1) is 0 Å². The molecule has 0 N–H and O–H groups in total. The van der Waals surface area contributed by atoms with Crippen LogP contribution in [0, 0.1) is 18.7 Å². The molecule has 132 valence electrons. The van der Waals surface area contributed by atoms with E-state index in [1.807, 2.05) is 0 Å². The predicted octanol–water partition coefficient (Wildman–Crippen LogP) is 2.87. The molecule has 0 bridgehead atoms. The Morgan fingerprint density at radius 1 is 1.40 bits per heavy atom. The number of aromatic nitrogens is 1. The van der Waals surface area contributed by atoms with Crippen molar-refractivity contribution in [3.8, 4) is 5.75 Å². The lowest BCUT2D eigenvalue weighted by atomic mass is 9.89. The predicted molar refractivity (Wildman–Crippen MR) is 87.2 cm³/mol. The fraction of sp³-hybridized carbons (Fsp3) is 0.389. The number of hydrogen-bond donors (Lipinski definition) is 0. The molecule has 25 heavy (non-hydrogen) atoms. The van der Waals surface area contributed by atoms with Gasteiger partial charge in [0, 0.05) is 19.0 Å². The maximum Gasteiger partial charge on any atom is 0.291 e. The molecule has 6 nitrogen and oxygen atoms in total. The van der Waals surface area contributed by atoms with Gasteiger partial charge in [0.1, 0.15) is 11.6 Å². The molecule has 1 amide bonds. The number of rotatable bonds is 4. The number of carbonyl (C=O) groups is 2. The fourth-order valence-electron chi connectivity index (χ4n) is 3.12. The summed E-state index contributed by atoms with van der Waals surface area (Å²) in [6, 6.07) is 3.87. The van der Waals surface area contributed by atoms with Gasteiger partial charge in [-0.2, -0.15) is 0 Å². The number of Topliss-reactive ketones (excluding diaryl/α,β-unsaturated/α-hetero) is 1. The first-order valence-corrected chi connectivity index (χ1v) is 8.08. The van der Waals surface area contributed by atoms with Crippen molar-refractivity contribution in [2.75, 3.05) is 20.2 Å². The summed E-state index contributed by atoms with van der Waals surface area (Å²) in [5, 5.41) is 0. The summed E-state index contributed by atoms with van der Waals surface area (Å²) >= 11 is 0. The minimum atomic E-state index is -0.495. The lowest BCUT2D eigenvalue weighted by molar-refractivity contribution is 0.0609. The molecule has 1 aliphatic heterocycles. The number of ketones is 1. The van der Waals surface area contributed by atoms with Gasteiger partial charge < -0.3 is 14.1 Å². The number of amides is 1. The number of ether oxygens (including phenoxy) is 1. The summed E-state index contributed by atoms with van der Waals surface area (Å²) in [7, 11) is 1.44. The zero-order valence-electron chi connectivity index (χ0n) is 14.1. The summed E-state index contributed by atoms with van der Waals surface area (Å²) < 4.78 is 23.9. The minimum absolute atomic E-state index is 0.191. The summed E-state index contributed by atoms with van der Waals surface area (Å²) in [5.74, 6) is -0.874. The number of likely N-dealkylation sites (tertiary alicyclic amines) is 1. The van der Waals surface area contributed by atoms with Crippen molar-refractivity contribution in [1.82, 2.24) is 9.88 Å². The van der Waals surface area contributed by atoms with Gasteiger partial charge in [0.2, 0.25) is 5.76 Å². The zero-order chi connectivity index (χ0) is 18.0. The summed E-state index contributed by atoms with van der Waals surface area (Å²) in [4.78, 5) is 30.9. The standard InChI is InChI=1S/C18H19FN2O4/c1-11-17(25-10-20-11)18(23)21-7-3-4-12(9-21)16(22)14-8-13(19)5-6-15(14)24-2/h5-6,8,10,12H,3-4,7,9H2,1-2H3/t12-/m1/s1. The van der Waals surface area contributed by atoms with E-state index >= 15 is 0 Å². The van der Waals surface area contributed by atoms with Gasteiger partial charge in [0.25, 0.3) is 5.91 Å². The molecular weight excluding hydrogens is 327 g/mol. The molecule has 1 aliphatic rings. The van der Waals surface area contributed by atoms with Gasteiger partial charge in [0.15, 0.2) is 12.2 Å². The van der Waals surface area contributed by atoms with Crippen LogP contribution in [-0.4, -0.2) is 41.8 Å². The van der Waals surface area contributed by atoms with Crippen LogP contribution in [-0.2, 0) is 0 Å². The van der Waals surface area contributed by atoms with E-state index in [0.717, 1.165) is 0 Å². The first kappa shape index (κ1) is 17.1. The number of methoxy groups -OCH3 is 1. The maximum atomic E-state index is 13.6. The normalized spacial score (nSPS) is 17.4. The lowest BCUT2D eigenvalue weighted by Crippen LogP contribution is -2.42. The Kier molecular flexibility index (Phi) is 4.83. The first-order chi connectivity index (χ1) is 12.0. The van der Waals surface area contributed by atoms with Gasteiger partial charge >= 0.3 is 0 Å². The second-order valence-corrected chi connectivity index (χ2v) is 6.07. The van der Waals surface area contributed by atoms with Crippen LogP contribution in [0.2, 0.25) is 0 Å². The molecule has 1 aromatic carbocycles. The third-order valence-electron chi connectivity index (χ3n) is 4.45. The van der Waals surface area contributed by atoms with Crippen molar-refractivity contribution >= 4 is 11.7 Å². The van der Waals surface area contributed by atoms with Gasteiger partial charge in [-0.3, -0.25) is 9.59 Å². The van der Waals surface area contributed by atoms with Gasteiger partial charge in [-0.05, 0) is 38.0 Å². The minimum Gasteiger partial charge on any atom is -0.496 e. The highest BCUT2D eigenvalue weighted by Gasteiger charge is 2.32. The summed E-state index contributed by atoms with van der Waals surface area (Å²) in [5.41, 5.74) is 0.725. The molecule has 0 radical (unpaired) electrons. The molecule has 0 aliphatic carbocycles. The SMILES string of the molecule is COc1ccc(F)cc1C(=O)[C@@H]1CCCN(C(=O)c2ocnc2C)C1. The molecule has 1 fully saturated rings. The monoisotopic (exact) mass is 346 g/mol. The van der Waals surface area contributed by atoms with Crippen molar-refractivity contribution in [3.05, 3.63) is 47.4 Å². The lowest BCUT2D eigenvalue weighted by Gasteiger charge is -2.31.